The molecule has 0 fully saturated rings. The first-order valence-electron chi connectivity index (χ1n) is 4.48. The van der Waals surface area contributed by atoms with Gasteiger partial charge < -0.3 is 0 Å². The van der Waals surface area contributed by atoms with Gasteiger partial charge in [-0.1, -0.05) is 11.6 Å². The lowest BCUT2D eigenvalue weighted by atomic mass is 10.2. The molecule has 0 aliphatic carbocycles. The highest BCUT2D eigenvalue weighted by Crippen LogP contribution is 2.13. The third kappa shape index (κ3) is 3.85. The van der Waals surface area contributed by atoms with Crippen LogP contribution < -0.4 is 5.48 Å². The van der Waals surface area contributed by atoms with E-state index in [1.54, 1.807) is 6.07 Å². The molecule has 1 aromatic rings. The Labute approximate surface area is 93.6 Å². The van der Waals surface area contributed by atoms with Gasteiger partial charge >= 0.3 is 0 Å². The van der Waals surface area contributed by atoms with E-state index in [1.807, 2.05) is 20.8 Å². The van der Waals surface area contributed by atoms with E-state index in [4.69, 9.17) is 16.4 Å². The fourth-order valence-corrected chi connectivity index (χ4v) is 0.990. The van der Waals surface area contributed by atoms with Crippen LogP contribution in [0.3, 0.4) is 0 Å². The predicted octanol–water partition coefficient (Wildman–Crippen LogP) is 2.19. The Morgan fingerprint density at radius 3 is 2.73 bits per heavy atom. The molecule has 0 unspecified atom stereocenters. The molecule has 5 heteroatoms. The normalized spacial score (nSPS) is 11.2. The highest BCUT2D eigenvalue weighted by Gasteiger charge is 2.15. The standard InChI is InChI=1S/C10H13ClN2O2/c1-10(2,3)15-13-9(14)7-6-12-5-4-8(7)11/h4-6H,1-3H3,(H,13,14). The molecule has 15 heavy (non-hydrogen) atoms. The molecule has 1 amide bonds. The summed E-state index contributed by atoms with van der Waals surface area (Å²) in [6.45, 7) is 5.49. The number of rotatable bonds is 2. The van der Waals surface area contributed by atoms with Crippen molar-refractivity contribution in [3.05, 3.63) is 29.0 Å². The van der Waals surface area contributed by atoms with Gasteiger partial charge in [-0.15, -0.1) is 0 Å². The number of nitrogens with one attached hydrogen (secondary N) is 1. The van der Waals surface area contributed by atoms with Gasteiger partial charge in [0, 0.05) is 12.4 Å². The quantitative estimate of drug-likeness (QED) is 0.790. The zero-order valence-corrected chi connectivity index (χ0v) is 9.63. The van der Waals surface area contributed by atoms with Gasteiger partial charge in [0.15, 0.2) is 0 Å². The summed E-state index contributed by atoms with van der Waals surface area (Å²) in [6.07, 6.45) is 2.91. The number of aromatic nitrogens is 1. The van der Waals surface area contributed by atoms with Gasteiger partial charge in [-0.3, -0.25) is 14.6 Å². The molecule has 1 N–H and O–H groups in total. The molecule has 1 rings (SSSR count). The molecule has 0 saturated carbocycles. The molecule has 1 aromatic heterocycles. The van der Waals surface area contributed by atoms with E-state index >= 15 is 0 Å². The van der Waals surface area contributed by atoms with Crippen LogP contribution in [0.25, 0.3) is 0 Å². The van der Waals surface area contributed by atoms with Crippen LogP contribution in [0.2, 0.25) is 5.02 Å². The first-order chi connectivity index (χ1) is 6.90. The molecular formula is C10H13ClN2O2. The number of nitrogens with zero attached hydrogens (tertiary/aromatic N) is 1. The molecule has 0 bridgehead atoms. The predicted molar refractivity (Wildman–Crippen MR) is 57.6 cm³/mol. The molecule has 0 radical (unpaired) electrons. The summed E-state index contributed by atoms with van der Waals surface area (Å²) in [4.78, 5) is 20.5. The van der Waals surface area contributed by atoms with Crippen LogP contribution in [0.15, 0.2) is 18.5 Å². The number of pyridine rings is 1. The number of hydrogen-bond acceptors (Lipinski definition) is 3. The van der Waals surface area contributed by atoms with Crippen molar-refractivity contribution in [2.75, 3.05) is 0 Å². The Morgan fingerprint density at radius 1 is 1.53 bits per heavy atom. The van der Waals surface area contributed by atoms with E-state index in [-0.39, 0.29) is 0 Å². The second-order valence-corrected chi connectivity index (χ2v) is 4.41. The fourth-order valence-electron chi connectivity index (χ4n) is 0.799. The molecule has 0 saturated heterocycles. The van der Waals surface area contributed by atoms with Crippen LogP contribution in [0.5, 0.6) is 0 Å². The van der Waals surface area contributed by atoms with Crippen LogP contribution in [0.1, 0.15) is 31.1 Å². The van der Waals surface area contributed by atoms with Crippen LogP contribution in [0, 0.1) is 0 Å². The Balaban J connectivity index is 2.66. The second kappa shape index (κ2) is 4.59. The van der Waals surface area contributed by atoms with Crippen LogP contribution in [-0.4, -0.2) is 16.5 Å². The van der Waals surface area contributed by atoms with Crippen molar-refractivity contribution < 1.29 is 9.63 Å². The number of halogens is 1. The third-order valence-electron chi connectivity index (χ3n) is 1.46. The zero-order chi connectivity index (χ0) is 11.5. The van der Waals surface area contributed by atoms with Gasteiger partial charge in [0.05, 0.1) is 16.2 Å². The zero-order valence-electron chi connectivity index (χ0n) is 8.87. The maximum atomic E-state index is 11.6. The van der Waals surface area contributed by atoms with E-state index in [2.05, 4.69) is 10.5 Å². The van der Waals surface area contributed by atoms with Crippen molar-refractivity contribution in [1.82, 2.24) is 10.5 Å². The summed E-state index contributed by atoms with van der Waals surface area (Å²) in [5, 5.41) is 0.347. The highest BCUT2D eigenvalue weighted by molar-refractivity contribution is 6.33. The van der Waals surface area contributed by atoms with Crippen molar-refractivity contribution >= 4 is 17.5 Å². The molecule has 0 atom stereocenters. The lowest BCUT2D eigenvalue weighted by Crippen LogP contribution is -2.33. The van der Waals surface area contributed by atoms with Gasteiger partial charge in [0.25, 0.3) is 5.91 Å². The fraction of sp³-hybridized carbons (Fsp3) is 0.400. The largest absolute Gasteiger partial charge is 0.277 e. The van der Waals surface area contributed by atoms with Crippen molar-refractivity contribution in [3.8, 4) is 0 Å². The summed E-state index contributed by atoms with van der Waals surface area (Å²) in [6, 6.07) is 1.55. The molecular weight excluding hydrogens is 216 g/mol. The van der Waals surface area contributed by atoms with Crippen molar-refractivity contribution in [3.63, 3.8) is 0 Å². The number of amides is 1. The Bertz CT molecular complexity index is 361. The Kier molecular flexibility index (Phi) is 3.66. The topological polar surface area (TPSA) is 51.2 Å². The Morgan fingerprint density at radius 2 is 2.20 bits per heavy atom. The average Bonchev–Trinajstić information content (AvgIpc) is 2.14. The maximum absolute atomic E-state index is 11.6. The number of hydroxylamine groups is 1. The van der Waals surface area contributed by atoms with E-state index in [0.717, 1.165) is 0 Å². The molecule has 82 valence electrons. The summed E-state index contributed by atoms with van der Waals surface area (Å²) in [7, 11) is 0. The van der Waals surface area contributed by atoms with Gasteiger partial charge in [-0.25, -0.2) is 5.48 Å². The minimum Gasteiger partial charge on any atom is -0.268 e. The minimum atomic E-state index is -0.440. The van der Waals surface area contributed by atoms with Gasteiger partial charge in [-0.05, 0) is 26.8 Å². The van der Waals surface area contributed by atoms with Gasteiger partial charge in [-0.2, -0.15) is 0 Å². The monoisotopic (exact) mass is 228 g/mol. The van der Waals surface area contributed by atoms with E-state index in [0.29, 0.717) is 10.6 Å². The van der Waals surface area contributed by atoms with Crippen molar-refractivity contribution in [2.45, 2.75) is 26.4 Å². The van der Waals surface area contributed by atoms with Gasteiger partial charge in [0.2, 0.25) is 0 Å². The smallest absolute Gasteiger partial charge is 0.268 e. The lowest BCUT2D eigenvalue weighted by molar-refractivity contribution is -0.0589. The summed E-state index contributed by atoms with van der Waals surface area (Å²) in [5.74, 6) is -0.400. The van der Waals surface area contributed by atoms with E-state index in [9.17, 15) is 4.79 Å². The number of carbonyl (C=O) groups excluding carboxylic acids is 1. The molecule has 0 aromatic carbocycles. The summed E-state index contributed by atoms with van der Waals surface area (Å²) >= 11 is 5.81. The second-order valence-electron chi connectivity index (χ2n) is 4.00. The first kappa shape index (κ1) is 11.9. The van der Waals surface area contributed by atoms with Gasteiger partial charge in [0.1, 0.15) is 0 Å². The number of carbonyl (C=O) groups is 1. The van der Waals surface area contributed by atoms with Crippen molar-refractivity contribution in [1.29, 1.82) is 0 Å². The molecule has 0 aliphatic rings. The Hall–Kier alpha value is -1.13. The minimum absolute atomic E-state index is 0.295. The molecule has 0 aliphatic heterocycles. The molecule has 1 heterocycles. The third-order valence-corrected chi connectivity index (χ3v) is 1.79. The van der Waals surface area contributed by atoms with E-state index in [1.165, 1.54) is 12.4 Å². The maximum Gasteiger partial charge on any atom is 0.277 e. The lowest BCUT2D eigenvalue weighted by Gasteiger charge is -2.18. The average molecular weight is 229 g/mol. The summed E-state index contributed by atoms with van der Waals surface area (Å²) in [5.41, 5.74) is 2.17. The first-order valence-corrected chi connectivity index (χ1v) is 4.86. The van der Waals surface area contributed by atoms with Crippen LogP contribution >= 0.6 is 11.6 Å². The molecule has 0 spiro atoms. The highest BCUT2D eigenvalue weighted by atomic mass is 35.5. The van der Waals surface area contributed by atoms with Crippen molar-refractivity contribution in [2.24, 2.45) is 0 Å². The van der Waals surface area contributed by atoms with E-state index < -0.39 is 11.5 Å². The number of hydrogen-bond donors (Lipinski definition) is 1. The molecule has 4 nitrogen and oxygen atoms in total. The summed E-state index contributed by atoms with van der Waals surface area (Å²) < 4.78 is 0. The van der Waals surface area contributed by atoms with Crippen LogP contribution in [0.4, 0.5) is 0 Å². The SMILES string of the molecule is CC(C)(C)ONC(=O)c1cnccc1Cl. The van der Waals surface area contributed by atoms with Crippen LogP contribution in [-0.2, 0) is 4.84 Å².